The number of nitrogens with zero attached hydrogens (tertiary/aromatic N) is 3. The molecule has 0 saturated heterocycles. The molecule has 18 heavy (non-hydrogen) atoms. The first kappa shape index (κ1) is 14.8. The highest BCUT2D eigenvalue weighted by Gasteiger charge is 2.16. The lowest BCUT2D eigenvalue weighted by Crippen LogP contribution is -2.40. The largest absolute Gasteiger partial charge is 0.367 e. The molecule has 0 amide bonds. The van der Waals surface area contributed by atoms with Crippen molar-refractivity contribution < 1.29 is 0 Å². The lowest BCUT2D eigenvalue weighted by Gasteiger charge is -2.32. The van der Waals surface area contributed by atoms with Crippen molar-refractivity contribution in [3.63, 3.8) is 0 Å². The van der Waals surface area contributed by atoms with Crippen LogP contribution in [0.3, 0.4) is 0 Å². The van der Waals surface area contributed by atoms with Gasteiger partial charge in [0.25, 0.3) is 0 Å². The fraction of sp³-hybridized carbons (Fsp3) is 0.500. The highest BCUT2D eigenvalue weighted by molar-refractivity contribution is 6.33. The number of likely N-dealkylation sites (N-methyl/N-ethyl adjacent to an activating group) is 2. The van der Waals surface area contributed by atoms with Gasteiger partial charge in [0.1, 0.15) is 0 Å². The third-order valence-corrected chi connectivity index (χ3v) is 3.19. The summed E-state index contributed by atoms with van der Waals surface area (Å²) in [4.78, 5) is 4.41. The zero-order valence-corrected chi connectivity index (χ0v) is 12.2. The molecule has 1 atom stereocenters. The zero-order valence-electron chi connectivity index (χ0n) is 11.4. The van der Waals surface area contributed by atoms with Crippen LogP contribution < -0.4 is 4.90 Å². The Kier molecular flexibility index (Phi) is 5.46. The molecule has 3 nitrogen and oxygen atoms in total. The number of hydrogen-bond acceptors (Lipinski definition) is 3. The maximum Gasteiger partial charge on any atom is 0.0992 e. The predicted molar refractivity (Wildman–Crippen MR) is 77.2 cm³/mol. The van der Waals surface area contributed by atoms with Gasteiger partial charge < -0.3 is 9.80 Å². The average Bonchev–Trinajstić information content (AvgIpc) is 2.31. The van der Waals surface area contributed by atoms with Gasteiger partial charge in [0.05, 0.1) is 22.3 Å². The number of halogens is 1. The molecule has 0 aromatic heterocycles. The van der Waals surface area contributed by atoms with Crippen LogP contribution in [0.4, 0.5) is 5.69 Å². The normalized spacial score (nSPS) is 12.3. The van der Waals surface area contributed by atoms with Gasteiger partial charge in [-0.05, 0) is 46.1 Å². The monoisotopic (exact) mass is 265 g/mol. The summed E-state index contributed by atoms with van der Waals surface area (Å²) in [5.74, 6) is 0. The van der Waals surface area contributed by atoms with Crippen LogP contribution in [0.5, 0.6) is 0 Å². The summed E-state index contributed by atoms with van der Waals surface area (Å²) >= 11 is 6.26. The smallest absolute Gasteiger partial charge is 0.0992 e. The molecule has 0 radical (unpaired) electrons. The van der Waals surface area contributed by atoms with E-state index < -0.39 is 0 Å². The van der Waals surface area contributed by atoms with Crippen LogP contribution >= 0.6 is 11.6 Å². The lowest BCUT2D eigenvalue weighted by molar-refractivity contribution is 0.373. The van der Waals surface area contributed by atoms with Gasteiger partial charge in [0.15, 0.2) is 0 Å². The Bertz CT molecular complexity index is 437. The number of rotatable bonds is 5. The summed E-state index contributed by atoms with van der Waals surface area (Å²) in [6.45, 7) is 6.14. The molecule has 0 aliphatic heterocycles. The summed E-state index contributed by atoms with van der Waals surface area (Å²) in [6.07, 6.45) is 0. The van der Waals surface area contributed by atoms with Gasteiger partial charge >= 0.3 is 0 Å². The molecule has 4 heteroatoms. The molecular formula is C14H20ClN3. The Morgan fingerprint density at radius 1 is 1.39 bits per heavy atom. The van der Waals surface area contributed by atoms with E-state index >= 15 is 0 Å². The van der Waals surface area contributed by atoms with E-state index in [0.29, 0.717) is 16.6 Å². The summed E-state index contributed by atoms with van der Waals surface area (Å²) in [5.41, 5.74) is 1.59. The molecule has 0 saturated carbocycles. The topological polar surface area (TPSA) is 30.3 Å². The van der Waals surface area contributed by atoms with E-state index in [1.54, 1.807) is 6.07 Å². The van der Waals surface area contributed by atoms with Gasteiger partial charge in [0.2, 0.25) is 0 Å². The number of nitriles is 1. The van der Waals surface area contributed by atoms with Crippen molar-refractivity contribution in [2.24, 2.45) is 0 Å². The molecule has 1 rings (SSSR count). The zero-order chi connectivity index (χ0) is 13.7. The van der Waals surface area contributed by atoms with E-state index in [1.165, 1.54) is 0 Å². The molecule has 0 bridgehead atoms. The van der Waals surface area contributed by atoms with Gasteiger partial charge in [-0.2, -0.15) is 5.26 Å². The first-order valence-electron chi connectivity index (χ1n) is 6.10. The van der Waals surface area contributed by atoms with E-state index in [4.69, 9.17) is 16.9 Å². The third-order valence-electron chi connectivity index (χ3n) is 2.89. The lowest BCUT2D eigenvalue weighted by atomic mass is 10.1. The minimum atomic E-state index is 0.371. The third kappa shape index (κ3) is 3.63. The molecule has 1 unspecified atom stereocenters. The summed E-state index contributed by atoms with van der Waals surface area (Å²) in [6, 6.07) is 7.94. The molecule has 0 heterocycles. The van der Waals surface area contributed by atoms with Crippen LogP contribution in [-0.4, -0.2) is 38.1 Å². The predicted octanol–water partition coefficient (Wildman–Crippen LogP) is 2.99. The fourth-order valence-electron chi connectivity index (χ4n) is 2.16. The van der Waals surface area contributed by atoms with Crippen LogP contribution in [0.2, 0.25) is 5.02 Å². The van der Waals surface area contributed by atoms with Crippen LogP contribution in [0, 0.1) is 11.3 Å². The Labute approximate surface area is 115 Å². The highest BCUT2D eigenvalue weighted by atomic mass is 35.5. The average molecular weight is 266 g/mol. The van der Waals surface area contributed by atoms with Crippen LogP contribution in [-0.2, 0) is 0 Å². The molecular weight excluding hydrogens is 246 g/mol. The van der Waals surface area contributed by atoms with Gasteiger partial charge in [-0.3, -0.25) is 0 Å². The van der Waals surface area contributed by atoms with E-state index in [2.05, 4.69) is 43.8 Å². The van der Waals surface area contributed by atoms with Gasteiger partial charge in [0, 0.05) is 19.1 Å². The SMILES string of the molecule is CCN(c1ccc(C#N)cc1Cl)C(C)CN(C)C. The Morgan fingerprint density at radius 3 is 2.50 bits per heavy atom. The Balaban J connectivity index is 2.99. The molecule has 98 valence electrons. The standard InChI is InChI=1S/C14H20ClN3/c1-5-18(11(2)10-17(3)4)14-7-6-12(9-16)8-13(14)15/h6-8,11H,5,10H2,1-4H3. The first-order valence-corrected chi connectivity index (χ1v) is 6.48. The van der Waals surface area contributed by atoms with Gasteiger partial charge in [-0.25, -0.2) is 0 Å². The Morgan fingerprint density at radius 2 is 2.06 bits per heavy atom. The molecule has 1 aromatic rings. The van der Waals surface area contributed by atoms with Crippen molar-refractivity contribution in [2.45, 2.75) is 19.9 Å². The molecule has 0 N–H and O–H groups in total. The number of anilines is 1. The van der Waals surface area contributed by atoms with Crippen molar-refractivity contribution in [1.82, 2.24) is 4.90 Å². The maximum absolute atomic E-state index is 8.85. The fourth-order valence-corrected chi connectivity index (χ4v) is 2.44. The van der Waals surface area contributed by atoms with E-state index in [0.717, 1.165) is 18.8 Å². The van der Waals surface area contributed by atoms with Crippen molar-refractivity contribution in [3.05, 3.63) is 28.8 Å². The maximum atomic E-state index is 8.85. The van der Waals surface area contributed by atoms with E-state index in [-0.39, 0.29) is 0 Å². The first-order chi connectivity index (χ1) is 8.49. The van der Waals surface area contributed by atoms with Crippen molar-refractivity contribution in [3.8, 4) is 6.07 Å². The summed E-state index contributed by atoms with van der Waals surface area (Å²) in [7, 11) is 4.12. The Hall–Kier alpha value is -1.24. The molecule has 0 spiro atoms. The molecule has 0 fully saturated rings. The summed E-state index contributed by atoms with van der Waals surface area (Å²) in [5, 5.41) is 9.49. The second-order valence-corrected chi connectivity index (χ2v) is 5.08. The minimum absolute atomic E-state index is 0.371. The minimum Gasteiger partial charge on any atom is -0.367 e. The van der Waals surface area contributed by atoms with Crippen molar-refractivity contribution in [1.29, 1.82) is 5.26 Å². The molecule has 1 aromatic carbocycles. The van der Waals surface area contributed by atoms with Gasteiger partial charge in [-0.1, -0.05) is 11.6 Å². The number of benzene rings is 1. The highest BCUT2D eigenvalue weighted by Crippen LogP contribution is 2.28. The van der Waals surface area contributed by atoms with Crippen molar-refractivity contribution >= 4 is 17.3 Å². The second-order valence-electron chi connectivity index (χ2n) is 4.68. The molecule has 0 aliphatic rings. The van der Waals surface area contributed by atoms with Crippen molar-refractivity contribution in [2.75, 3.05) is 32.1 Å². The van der Waals surface area contributed by atoms with E-state index in [1.807, 2.05) is 12.1 Å². The quantitative estimate of drug-likeness (QED) is 0.820. The summed E-state index contributed by atoms with van der Waals surface area (Å²) < 4.78 is 0. The number of hydrogen-bond donors (Lipinski definition) is 0. The van der Waals surface area contributed by atoms with Crippen LogP contribution in [0.1, 0.15) is 19.4 Å². The molecule has 0 aliphatic carbocycles. The van der Waals surface area contributed by atoms with Crippen LogP contribution in [0.15, 0.2) is 18.2 Å². The van der Waals surface area contributed by atoms with Gasteiger partial charge in [-0.15, -0.1) is 0 Å². The van der Waals surface area contributed by atoms with E-state index in [9.17, 15) is 0 Å². The second kappa shape index (κ2) is 6.63. The van der Waals surface area contributed by atoms with Crippen LogP contribution in [0.25, 0.3) is 0 Å².